The Kier molecular flexibility index (Phi) is 3.10. The van der Waals surface area contributed by atoms with Crippen molar-refractivity contribution in [2.45, 2.75) is 50.8 Å². The highest BCUT2D eigenvalue weighted by Gasteiger charge is 2.56. The molecule has 0 radical (unpaired) electrons. The van der Waals surface area contributed by atoms with Gasteiger partial charge in [-0.25, -0.2) is 0 Å². The molecule has 1 aromatic rings. The molecule has 1 fully saturated rings. The molecular formula is C12H21BO2SSi. The van der Waals surface area contributed by atoms with E-state index in [9.17, 15) is 0 Å². The van der Waals surface area contributed by atoms with E-state index in [1.807, 2.05) is 0 Å². The Morgan fingerprint density at radius 3 is 2.18 bits per heavy atom. The molecule has 0 aliphatic carbocycles. The van der Waals surface area contributed by atoms with Crippen molar-refractivity contribution in [3.05, 3.63) is 22.4 Å². The van der Waals surface area contributed by atoms with Crippen molar-refractivity contribution in [2.24, 2.45) is 0 Å². The van der Waals surface area contributed by atoms with E-state index in [1.165, 1.54) is 4.88 Å². The van der Waals surface area contributed by atoms with Gasteiger partial charge in [0.05, 0.1) is 11.2 Å². The van der Waals surface area contributed by atoms with Gasteiger partial charge in [-0.05, 0) is 39.1 Å². The highest BCUT2D eigenvalue weighted by Crippen LogP contribution is 2.42. The molecule has 0 amide bonds. The average Bonchev–Trinajstić information content (AvgIpc) is 2.73. The quantitative estimate of drug-likeness (QED) is 0.763. The summed E-state index contributed by atoms with van der Waals surface area (Å²) >= 11 is 1.79. The van der Waals surface area contributed by atoms with Crippen LogP contribution < -0.4 is 0 Å². The van der Waals surface area contributed by atoms with Crippen LogP contribution in [0.5, 0.6) is 0 Å². The van der Waals surface area contributed by atoms with Gasteiger partial charge in [0.1, 0.15) is 0 Å². The van der Waals surface area contributed by atoms with Crippen molar-refractivity contribution >= 4 is 28.7 Å². The maximum atomic E-state index is 6.17. The second-order valence-electron chi connectivity index (χ2n) is 6.29. The van der Waals surface area contributed by atoms with Crippen molar-refractivity contribution in [1.29, 1.82) is 0 Å². The molecule has 2 heterocycles. The van der Waals surface area contributed by atoms with Gasteiger partial charge >= 0.3 is 7.12 Å². The Morgan fingerprint density at radius 2 is 1.76 bits per heavy atom. The van der Waals surface area contributed by atoms with E-state index >= 15 is 0 Å². The molecule has 2 rings (SSSR count). The normalized spacial score (nSPS) is 26.1. The van der Waals surface area contributed by atoms with Crippen LogP contribution in [0.2, 0.25) is 0 Å². The highest BCUT2D eigenvalue weighted by atomic mass is 32.1. The summed E-state index contributed by atoms with van der Waals surface area (Å²) in [6.45, 7) is 10.7. The Balaban J connectivity index is 2.27. The van der Waals surface area contributed by atoms with E-state index in [2.05, 4.69) is 52.1 Å². The topological polar surface area (TPSA) is 18.5 Å². The standard InChI is InChI=1S/C12H21BO2SSi/c1-10(2)11(3,4)15-13(14-10)12(5,17)9-7-6-8-16-9/h6-8H,1-5,17H3. The molecule has 5 heteroatoms. The zero-order chi connectivity index (χ0) is 12.9. The van der Waals surface area contributed by atoms with Crippen molar-refractivity contribution in [2.75, 3.05) is 0 Å². The van der Waals surface area contributed by atoms with Gasteiger partial charge in [0, 0.05) is 20.1 Å². The van der Waals surface area contributed by atoms with E-state index in [1.54, 1.807) is 11.3 Å². The molecule has 1 unspecified atom stereocenters. The van der Waals surface area contributed by atoms with Gasteiger partial charge < -0.3 is 9.31 Å². The number of hydrogen-bond donors (Lipinski definition) is 0. The third-order valence-electron chi connectivity index (χ3n) is 4.00. The van der Waals surface area contributed by atoms with Crippen LogP contribution in [0, 0.1) is 0 Å². The summed E-state index contributed by atoms with van der Waals surface area (Å²) in [4.78, 5) is 1.39. The summed E-state index contributed by atoms with van der Waals surface area (Å²) in [6.07, 6.45) is 0. The Morgan fingerprint density at radius 1 is 1.24 bits per heavy atom. The lowest BCUT2D eigenvalue weighted by molar-refractivity contribution is 0.00578. The molecule has 1 aliphatic heterocycles. The lowest BCUT2D eigenvalue weighted by Gasteiger charge is -2.32. The number of rotatable bonds is 2. The van der Waals surface area contributed by atoms with Gasteiger partial charge in [-0.3, -0.25) is 0 Å². The molecule has 0 saturated carbocycles. The molecule has 0 bridgehead atoms. The molecule has 94 valence electrons. The van der Waals surface area contributed by atoms with Crippen LogP contribution in [-0.4, -0.2) is 28.6 Å². The predicted octanol–water partition coefficient (Wildman–Crippen LogP) is 1.96. The maximum absolute atomic E-state index is 6.17. The highest BCUT2D eigenvalue weighted by molar-refractivity contribution is 7.11. The first-order valence-electron chi connectivity index (χ1n) is 6.06. The Labute approximate surface area is 111 Å². The first-order valence-corrected chi connectivity index (χ1v) is 7.94. The van der Waals surface area contributed by atoms with E-state index in [0.717, 1.165) is 10.2 Å². The molecule has 1 aromatic heterocycles. The molecule has 1 saturated heterocycles. The lowest BCUT2D eigenvalue weighted by atomic mass is 9.71. The monoisotopic (exact) mass is 268 g/mol. The minimum Gasteiger partial charge on any atom is -0.403 e. The van der Waals surface area contributed by atoms with Crippen LogP contribution in [0.25, 0.3) is 0 Å². The summed E-state index contributed by atoms with van der Waals surface area (Å²) in [7, 11) is 0.885. The first-order chi connectivity index (χ1) is 7.67. The maximum Gasteiger partial charge on any atom is 0.465 e. The average molecular weight is 268 g/mol. The Hall–Kier alpha value is -0.0982. The fourth-order valence-corrected chi connectivity index (χ4v) is 3.52. The van der Waals surface area contributed by atoms with Crippen molar-refractivity contribution in [3.8, 4) is 0 Å². The molecule has 0 spiro atoms. The second-order valence-corrected chi connectivity index (χ2v) is 9.31. The van der Waals surface area contributed by atoms with Gasteiger partial charge in [0.15, 0.2) is 0 Å². The first kappa shape index (κ1) is 13.3. The molecule has 0 N–H and O–H groups in total. The fraction of sp³-hybridized carbons (Fsp3) is 0.667. The van der Waals surface area contributed by atoms with Crippen molar-refractivity contribution < 1.29 is 9.31 Å². The molecule has 1 atom stereocenters. The van der Waals surface area contributed by atoms with Crippen LogP contribution >= 0.6 is 11.3 Å². The van der Waals surface area contributed by atoms with Crippen LogP contribution in [-0.2, 0) is 14.2 Å². The van der Waals surface area contributed by atoms with Gasteiger partial charge in [0.25, 0.3) is 0 Å². The predicted molar refractivity (Wildman–Crippen MR) is 77.7 cm³/mol. The SMILES string of the molecule is CC([SiH3])(B1OC(C)(C)C(C)(C)O1)c1cccs1. The zero-order valence-electron chi connectivity index (χ0n) is 11.5. The van der Waals surface area contributed by atoms with Crippen LogP contribution in [0.3, 0.4) is 0 Å². The van der Waals surface area contributed by atoms with Gasteiger partial charge in [-0.15, -0.1) is 11.3 Å². The van der Waals surface area contributed by atoms with E-state index in [0.29, 0.717) is 0 Å². The van der Waals surface area contributed by atoms with Crippen LogP contribution in [0.4, 0.5) is 0 Å². The van der Waals surface area contributed by atoms with Crippen LogP contribution in [0.1, 0.15) is 39.5 Å². The fourth-order valence-electron chi connectivity index (χ4n) is 1.90. The molecule has 0 aromatic carbocycles. The van der Waals surface area contributed by atoms with E-state index < -0.39 is 0 Å². The molecule has 1 aliphatic rings. The number of hydrogen-bond acceptors (Lipinski definition) is 3. The third kappa shape index (κ3) is 2.14. The van der Waals surface area contributed by atoms with E-state index in [4.69, 9.17) is 9.31 Å². The summed E-state index contributed by atoms with van der Waals surface area (Å²) in [5, 5.41) is 2.12. The van der Waals surface area contributed by atoms with Gasteiger partial charge in [-0.1, -0.05) is 13.0 Å². The summed E-state index contributed by atoms with van der Waals surface area (Å²) in [5.41, 5.74) is -0.471. The molecule has 2 nitrogen and oxygen atoms in total. The minimum atomic E-state index is -0.236. The number of thiophene rings is 1. The minimum absolute atomic E-state index is 0.0270. The summed E-state index contributed by atoms with van der Waals surface area (Å²) in [6, 6.07) is 4.28. The largest absolute Gasteiger partial charge is 0.465 e. The third-order valence-corrected chi connectivity index (χ3v) is 6.58. The van der Waals surface area contributed by atoms with E-state index in [-0.39, 0.29) is 23.3 Å². The van der Waals surface area contributed by atoms with Gasteiger partial charge in [0.2, 0.25) is 0 Å². The molecule has 17 heavy (non-hydrogen) atoms. The molecular weight excluding hydrogens is 247 g/mol. The lowest BCUT2D eigenvalue weighted by Crippen LogP contribution is -2.43. The Bertz CT molecular complexity index is 385. The smallest absolute Gasteiger partial charge is 0.403 e. The van der Waals surface area contributed by atoms with Crippen LogP contribution in [0.15, 0.2) is 17.5 Å². The second kappa shape index (κ2) is 3.95. The van der Waals surface area contributed by atoms with Gasteiger partial charge in [-0.2, -0.15) is 0 Å². The summed E-state index contributed by atoms with van der Waals surface area (Å²) < 4.78 is 12.3. The zero-order valence-corrected chi connectivity index (χ0v) is 14.4. The van der Waals surface area contributed by atoms with Crippen molar-refractivity contribution in [3.63, 3.8) is 0 Å². The van der Waals surface area contributed by atoms with Crippen molar-refractivity contribution in [1.82, 2.24) is 0 Å². The summed E-state index contributed by atoms with van der Waals surface area (Å²) in [5.74, 6) is 0.